The summed E-state index contributed by atoms with van der Waals surface area (Å²) in [6.45, 7) is 5.53. The number of hydrogen-bond acceptors (Lipinski definition) is 3. The molecule has 134 valence electrons. The molecule has 0 bridgehead atoms. The van der Waals surface area contributed by atoms with Crippen LogP contribution in [0.3, 0.4) is 0 Å². The minimum atomic E-state index is -0.496. The van der Waals surface area contributed by atoms with Crippen LogP contribution in [0.4, 0.5) is 4.79 Å². The molecule has 0 heterocycles. The van der Waals surface area contributed by atoms with Crippen LogP contribution in [0.2, 0.25) is 0 Å². The summed E-state index contributed by atoms with van der Waals surface area (Å²) in [5.41, 5.74) is 0.864. The zero-order chi connectivity index (χ0) is 18.4. The van der Waals surface area contributed by atoms with E-state index in [1.165, 1.54) is 0 Å². The highest BCUT2D eigenvalue weighted by molar-refractivity contribution is 5.94. The van der Waals surface area contributed by atoms with Gasteiger partial charge in [-0.1, -0.05) is 5.92 Å². The van der Waals surface area contributed by atoms with E-state index in [4.69, 9.17) is 11.2 Å². The van der Waals surface area contributed by atoms with Crippen molar-refractivity contribution in [2.45, 2.75) is 64.1 Å². The van der Waals surface area contributed by atoms with E-state index >= 15 is 0 Å². The van der Waals surface area contributed by atoms with Crippen LogP contribution in [0.25, 0.3) is 0 Å². The fourth-order valence-corrected chi connectivity index (χ4v) is 2.84. The van der Waals surface area contributed by atoms with Crippen molar-refractivity contribution in [3.63, 3.8) is 0 Å². The molecule has 1 aromatic carbocycles. The maximum atomic E-state index is 12.3. The lowest BCUT2D eigenvalue weighted by molar-refractivity contribution is 0.0488. The van der Waals surface area contributed by atoms with Crippen molar-refractivity contribution in [1.82, 2.24) is 10.6 Å². The quantitative estimate of drug-likeness (QED) is 0.829. The minimum absolute atomic E-state index is 0.0906. The van der Waals surface area contributed by atoms with Gasteiger partial charge in [0.25, 0.3) is 5.91 Å². The number of amides is 2. The third-order valence-corrected chi connectivity index (χ3v) is 4.10. The average molecular weight is 342 g/mol. The number of carbonyl (C=O) groups is 2. The highest BCUT2D eigenvalue weighted by atomic mass is 16.6. The predicted octanol–water partition coefficient (Wildman–Crippen LogP) is 3.23. The molecular weight excluding hydrogens is 316 g/mol. The molecule has 5 nitrogen and oxygen atoms in total. The fourth-order valence-electron chi connectivity index (χ4n) is 2.84. The summed E-state index contributed by atoms with van der Waals surface area (Å²) in [5.74, 6) is 2.44. The van der Waals surface area contributed by atoms with Crippen LogP contribution in [-0.4, -0.2) is 29.7 Å². The number of alkyl carbamates (subject to hydrolysis) is 1. The van der Waals surface area contributed by atoms with Gasteiger partial charge in [0.1, 0.15) is 5.60 Å². The third-order valence-electron chi connectivity index (χ3n) is 4.10. The minimum Gasteiger partial charge on any atom is -0.444 e. The van der Waals surface area contributed by atoms with E-state index in [2.05, 4.69) is 16.6 Å². The second-order valence-electron chi connectivity index (χ2n) is 7.39. The van der Waals surface area contributed by atoms with Crippen LogP contribution in [0.15, 0.2) is 24.3 Å². The lowest BCUT2D eigenvalue weighted by Gasteiger charge is -2.30. The molecule has 0 aliphatic heterocycles. The first-order valence-corrected chi connectivity index (χ1v) is 8.64. The van der Waals surface area contributed by atoms with Gasteiger partial charge in [0.05, 0.1) is 0 Å². The summed E-state index contributed by atoms with van der Waals surface area (Å²) in [6, 6.07) is 7.21. The van der Waals surface area contributed by atoms with Crippen LogP contribution in [-0.2, 0) is 4.74 Å². The Kier molecular flexibility index (Phi) is 6.08. The number of ether oxygens (including phenoxy) is 1. The van der Waals surface area contributed by atoms with Gasteiger partial charge < -0.3 is 15.4 Å². The van der Waals surface area contributed by atoms with Crippen LogP contribution in [0.1, 0.15) is 62.4 Å². The van der Waals surface area contributed by atoms with Crippen molar-refractivity contribution < 1.29 is 14.3 Å². The number of nitrogens with one attached hydrogen (secondary N) is 2. The van der Waals surface area contributed by atoms with Gasteiger partial charge in [-0.25, -0.2) is 4.79 Å². The molecule has 0 saturated heterocycles. The standard InChI is InChI=1S/C20H26N2O3/c1-5-14-6-8-15(9-7-14)18(23)21-16-10-12-17(13-11-16)22-19(24)25-20(2,3)4/h1,6-9,16-17H,10-13H2,2-4H3,(H,21,23)(H,22,24)/t16-,17-. The normalized spacial score (nSPS) is 20.2. The SMILES string of the molecule is C#Cc1ccc(C(=O)N[C@H]2CC[C@H](NC(=O)OC(C)(C)C)CC2)cc1. The molecule has 2 amide bonds. The summed E-state index contributed by atoms with van der Waals surface area (Å²) < 4.78 is 5.27. The molecule has 1 aliphatic carbocycles. The van der Waals surface area contributed by atoms with Gasteiger partial charge >= 0.3 is 6.09 Å². The predicted molar refractivity (Wildman–Crippen MR) is 97.3 cm³/mol. The zero-order valence-electron chi connectivity index (χ0n) is 15.1. The molecule has 1 fully saturated rings. The van der Waals surface area contributed by atoms with Crippen molar-refractivity contribution in [2.24, 2.45) is 0 Å². The molecule has 0 radical (unpaired) electrons. The molecule has 1 aromatic rings. The van der Waals surface area contributed by atoms with Crippen LogP contribution >= 0.6 is 0 Å². The van der Waals surface area contributed by atoms with Crippen molar-refractivity contribution >= 4 is 12.0 Å². The molecule has 5 heteroatoms. The molecule has 25 heavy (non-hydrogen) atoms. The highest BCUT2D eigenvalue weighted by Crippen LogP contribution is 2.20. The van der Waals surface area contributed by atoms with Gasteiger partial charge in [0, 0.05) is 23.2 Å². The molecule has 0 unspecified atom stereocenters. The van der Waals surface area contributed by atoms with Gasteiger partial charge in [0.15, 0.2) is 0 Å². The van der Waals surface area contributed by atoms with Crippen LogP contribution < -0.4 is 10.6 Å². The van der Waals surface area contributed by atoms with Crippen molar-refractivity contribution in [3.8, 4) is 12.3 Å². The van der Waals surface area contributed by atoms with Crippen LogP contribution in [0.5, 0.6) is 0 Å². The number of rotatable bonds is 3. The summed E-state index contributed by atoms with van der Waals surface area (Å²) >= 11 is 0. The van der Waals surface area contributed by atoms with Crippen LogP contribution in [0, 0.1) is 12.3 Å². The summed E-state index contributed by atoms with van der Waals surface area (Å²) in [6.07, 6.45) is 8.23. The van der Waals surface area contributed by atoms with E-state index in [1.807, 2.05) is 20.8 Å². The van der Waals surface area contributed by atoms with Gasteiger partial charge in [-0.05, 0) is 70.7 Å². The second-order valence-corrected chi connectivity index (χ2v) is 7.39. The van der Waals surface area contributed by atoms with E-state index < -0.39 is 5.60 Å². The van der Waals surface area contributed by atoms with Crippen molar-refractivity contribution in [3.05, 3.63) is 35.4 Å². The molecule has 0 aromatic heterocycles. The largest absolute Gasteiger partial charge is 0.444 e. The first-order chi connectivity index (χ1) is 11.8. The average Bonchev–Trinajstić information content (AvgIpc) is 2.55. The molecule has 2 rings (SSSR count). The Labute approximate surface area is 149 Å². The van der Waals surface area contributed by atoms with E-state index in [0.29, 0.717) is 5.56 Å². The van der Waals surface area contributed by atoms with Gasteiger partial charge in [-0.3, -0.25) is 4.79 Å². The zero-order valence-corrected chi connectivity index (χ0v) is 15.1. The first-order valence-electron chi connectivity index (χ1n) is 8.64. The van der Waals surface area contributed by atoms with Crippen molar-refractivity contribution in [1.29, 1.82) is 0 Å². The lowest BCUT2D eigenvalue weighted by atomic mass is 9.91. The lowest BCUT2D eigenvalue weighted by Crippen LogP contribution is -2.45. The second kappa shape index (κ2) is 8.06. The van der Waals surface area contributed by atoms with Gasteiger partial charge in [-0.2, -0.15) is 0 Å². The smallest absolute Gasteiger partial charge is 0.407 e. The molecule has 2 N–H and O–H groups in total. The highest BCUT2D eigenvalue weighted by Gasteiger charge is 2.25. The number of benzene rings is 1. The molecule has 1 saturated carbocycles. The summed E-state index contributed by atoms with van der Waals surface area (Å²) in [7, 11) is 0. The van der Waals surface area contributed by atoms with Crippen molar-refractivity contribution in [2.75, 3.05) is 0 Å². The van der Waals surface area contributed by atoms with Gasteiger partial charge in [-0.15, -0.1) is 6.42 Å². The van der Waals surface area contributed by atoms with Gasteiger partial charge in [0.2, 0.25) is 0 Å². The maximum absolute atomic E-state index is 12.3. The molecule has 1 aliphatic rings. The Morgan fingerprint density at radius 2 is 1.56 bits per heavy atom. The maximum Gasteiger partial charge on any atom is 0.407 e. The Bertz CT molecular complexity index is 645. The first kappa shape index (κ1) is 18.9. The summed E-state index contributed by atoms with van der Waals surface area (Å²) in [5, 5.41) is 5.95. The Morgan fingerprint density at radius 1 is 1.04 bits per heavy atom. The van der Waals surface area contributed by atoms with E-state index in [1.54, 1.807) is 24.3 Å². The third kappa shape index (κ3) is 6.15. The van der Waals surface area contributed by atoms with E-state index in [9.17, 15) is 9.59 Å². The number of carbonyl (C=O) groups excluding carboxylic acids is 2. The van der Waals surface area contributed by atoms with E-state index in [-0.39, 0.29) is 24.1 Å². The topological polar surface area (TPSA) is 67.4 Å². The summed E-state index contributed by atoms with van der Waals surface area (Å²) in [4.78, 5) is 24.1. The Balaban J connectivity index is 1.77. The monoisotopic (exact) mass is 342 g/mol. The Hall–Kier alpha value is -2.48. The molecule has 0 atom stereocenters. The Morgan fingerprint density at radius 3 is 2.04 bits per heavy atom. The molecule has 0 spiro atoms. The van der Waals surface area contributed by atoms with E-state index in [0.717, 1.165) is 31.2 Å². The fraction of sp³-hybridized carbons (Fsp3) is 0.500. The number of hydrogen-bond donors (Lipinski definition) is 2. The molecular formula is C20H26N2O3. The number of terminal acetylenes is 1.